The summed E-state index contributed by atoms with van der Waals surface area (Å²) in [7, 11) is 0. The molecule has 5 heteroatoms. The summed E-state index contributed by atoms with van der Waals surface area (Å²) in [5, 5.41) is 0.969. The number of likely N-dealkylation sites (tertiary alicyclic amines) is 1. The second-order valence-corrected chi connectivity index (χ2v) is 8.98. The molecule has 32 heavy (non-hydrogen) atoms. The standard InChI is InChI=1S/C27H32N2O3/c30-27(26-20-23-7-2-3-8-25(23)32-26)29-16-11-21-9-10-24(19-22(21)12-17-29)31-18-6-15-28-13-4-1-5-14-28/h2-3,7-10,19-20H,1,4-6,11-18H2. The molecule has 3 heterocycles. The van der Waals surface area contributed by atoms with E-state index in [1.54, 1.807) is 0 Å². The van der Waals surface area contributed by atoms with E-state index in [-0.39, 0.29) is 5.91 Å². The summed E-state index contributed by atoms with van der Waals surface area (Å²) in [6, 6.07) is 16.0. The van der Waals surface area contributed by atoms with Gasteiger partial charge in [0.05, 0.1) is 6.61 Å². The minimum Gasteiger partial charge on any atom is -0.494 e. The van der Waals surface area contributed by atoms with E-state index >= 15 is 0 Å². The Kier molecular flexibility index (Phi) is 6.44. The van der Waals surface area contributed by atoms with E-state index in [2.05, 4.69) is 23.1 Å². The zero-order valence-corrected chi connectivity index (χ0v) is 18.7. The number of carbonyl (C=O) groups excluding carboxylic acids is 1. The van der Waals surface area contributed by atoms with Gasteiger partial charge in [-0.2, -0.15) is 0 Å². The molecule has 0 bridgehead atoms. The van der Waals surface area contributed by atoms with Crippen LogP contribution >= 0.6 is 0 Å². The van der Waals surface area contributed by atoms with Gasteiger partial charge in [0.2, 0.25) is 0 Å². The monoisotopic (exact) mass is 432 g/mol. The van der Waals surface area contributed by atoms with E-state index in [1.165, 1.54) is 43.5 Å². The van der Waals surface area contributed by atoms with Gasteiger partial charge in [0, 0.05) is 25.0 Å². The Balaban J connectivity index is 1.16. The van der Waals surface area contributed by atoms with Crippen LogP contribution in [0.4, 0.5) is 0 Å². The van der Waals surface area contributed by atoms with Crippen molar-refractivity contribution in [2.24, 2.45) is 0 Å². The Morgan fingerprint density at radius 1 is 0.906 bits per heavy atom. The van der Waals surface area contributed by atoms with Crippen molar-refractivity contribution in [3.05, 3.63) is 65.4 Å². The first kappa shape index (κ1) is 21.1. The first-order valence-corrected chi connectivity index (χ1v) is 12.0. The molecule has 3 aromatic rings. The number of amides is 1. The molecule has 5 rings (SSSR count). The normalized spacial score (nSPS) is 17.2. The van der Waals surface area contributed by atoms with Crippen LogP contribution in [-0.4, -0.2) is 55.0 Å². The Labute approximate surface area is 189 Å². The Bertz CT molecular complexity index is 1030. The van der Waals surface area contributed by atoms with Crippen LogP contribution in [0.15, 0.2) is 52.9 Å². The molecule has 1 fully saturated rings. The quantitative estimate of drug-likeness (QED) is 0.518. The number of para-hydroxylation sites is 1. The molecule has 0 radical (unpaired) electrons. The lowest BCUT2D eigenvalue weighted by molar-refractivity contribution is 0.0733. The van der Waals surface area contributed by atoms with E-state index < -0.39 is 0 Å². The zero-order chi connectivity index (χ0) is 21.8. The van der Waals surface area contributed by atoms with Gasteiger partial charge in [0.15, 0.2) is 5.76 Å². The van der Waals surface area contributed by atoms with Crippen LogP contribution in [0.3, 0.4) is 0 Å². The highest BCUT2D eigenvalue weighted by Crippen LogP contribution is 2.25. The SMILES string of the molecule is O=C(c1cc2ccccc2o1)N1CCc2ccc(OCCCN3CCCCC3)cc2CC1. The van der Waals surface area contributed by atoms with Crippen LogP contribution < -0.4 is 4.74 Å². The van der Waals surface area contributed by atoms with Gasteiger partial charge in [-0.25, -0.2) is 0 Å². The number of nitrogens with zero attached hydrogens (tertiary/aromatic N) is 2. The maximum Gasteiger partial charge on any atom is 0.289 e. The molecular formula is C27H32N2O3. The predicted molar refractivity (Wildman–Crippen MR) is 126 cm³/mol. The van der Waals surface area contributed by atoms with Gasteiger partial charge in [-0.3, -0.25) is 4.79 Å². The average Bonchev–Trinajstić information content (AvgIpc) is 3.16. The van der Waals surface area contributed by atoms with Crippen LogP contribution in [0.1, 0.15) is 47.4 Å². The van der Waals surface area contributed by atoms with Crippen molar-refractivity contribution in [1.82, 2.24) is 9.80 Å². The molecule has 168 valence electrons. The summed E-state index contributed by atoms with van der Waals surface area (Å²) in [5.74, 6) is 1.34. The summed E-state index contributed by atoms with van der Waals surface area (Å²) >= 11 is 0. The fourth-order valence-electron chi connectivity index (χ4n) is 4.90. The maximum absolute atomic E-state index is 13.0. The zero-order valence-electron chi connectivity index (χ0n) is 18.7. The van der Waals surface area contributed by atoms with Gasteiger partial charge in [-0.05, 0) is 80.6 Å². The minimum absolute atomic E-state index is 0.0248. The second-order valence-electron chi connectivity index (χ2n) is 8.98. The van der Waals surface area contributed by atoms with Crippen molar-refractivity contribution in [3.8, 4) is 5.75 Å². The van der Waals surface area contributed by atoms with Crippen molar-refractivity contribution < 1.29 is 13.9 Å². The summed E-state index contributed by atoms with van der Waals surface area (Å²) in [6.07, 6.45) is 6.81. The van der Waals surface area contributed by atoms with Gasteiger partial charge in [-0.15, -0.1) is 0 Å². The average molecular weight is 433 g/mol. The molecule has 0 N–H and O–H groups in total. The molecule has 2 aliphatic rings. The third-order valence-electron chi connectivity index (χ3n) is 6.74. The van der Waals surface area contributed by atoms with Crippen LogP contribution in [0.2, 0.25) is 0 Å². The van der Waals surface area contributed by atoms with Gasteiger partial charge < -0.3 is 19.0 Å². The Hall–Kier alpha value is -2.79. The fourth-order valence-corrected chi connectivity index (χ4v) is 4.90. The number of hydrogen-bond acceptors (Lipinski definition) is 4. The minimum atomic E-state index is -0.0248. The largest absolute Gasteiger partial charge is 0.494 e. The summed E-state index contributed by atoms with van der Waals surface area (Å²) < 4.78 is 11.9. The van der Waals surface area contributed by atoms with Gasteiger partial charge >= 0.3 is 0 Å². The third-order valence-corrected chi connectivity index (χ3v) is 6.74. The molecule has 1 aromatic heterocycles. The maximum atomic E-state index is 13.0. The number of furan rings is 1. The van der Waals surface area contributed by atoms with Crippen molar-refractivity contribution in [2.45, 2.75) is 38.5 Å². The first-order chi connectivity index (χ1) is 15.8. The third kappa shape index (κ3) is 4.83. The molecule has 1 amide bonds. The summed E-state index contributed by atoms with van der Waals surface area (Å²) in [6.45, 7) is 5.76. The van der Waals surface area contributed by atoms with Gasteiger partial charge in [0.1, 0.15) is 11.3 Å². The molecule has 0 saturated carbocycles. The molecule has 2 aromatic carbocycles. The van der Waals surface area contributed by atoms with Crippen LogP contribution in [0.5, 0.6) is 5.75 Å². The van der Waals surface area contributed by atoms with Gasteiger partial charge in [-0.1, -0.05) is 30.7 Å². The van der Waals surface area contributed by atoms with E-state index in [9.17, 15) is 4.79 Å². The Morgan fingerprint density at radius 3 is 2.56 bits per heavy atom. The highest BCUT2D eigenvalue weighted by atomic mass is 16.5. The van der Waals surface area contributed by atoms with Crippen LogP contribution in [-0.2, 0) is 12.8 Å². The van der Waals surface area contributed by atoms with Crippen molar-refractivity contribution in [3.63, 3.8) is 0 Å². The summed E-state index contributed by atoms with van der Waals surface area (Å²) in [5.41, 5.74) is 3.36. The topological polar surface area (TPSA) is 45.9 Å². The van der Waals surface area contributed by atoms with Crippen molar-refractivity contribution in [2.75, 3.05) is 39.3 Å². The van der Waals surface area contributed by atoms with Gasteiger partial charge in [0.25, 0.3) is 5.91 Å². The van der Waals surface area contributed by atoms with E-state index in [0.717, 1.165) is 49.1 Å². The molecule has 1 saturated heterocycles. The predicted octanol–water partition coefficient (Wildman–Crippen LogP) is 4.93. The number of piperidine rings is 1. The van der Waals surface area contributed by atoms with Crippen molar-refractivity contribution >= 4 is 16.9 Å². The lowest BCUT2D eigenvalue weighted by Gasteiger charge is -2.26. The smallest absolute Gasteiger partial charge is 0.289 e. The number of benzene rings is 2. The molecule has 5 nitrogen and oxygen atoms in total. The number of fused-ring (bicyclic) bond motifs is 2. The number of hydrogen-bond donors (Lipinski definition) is 0. The molecule has 2 aliphatic heterocycles. The summed E-state index contributed by atoms with van der Waals surface area (Å²) in [4.78, 5) is 17.5. The lowest BCUT2D eigenvalue weighted by Crippen LogP contribution is -2.33. The van der Waals surface area contributed by atoms with E-state index in [1.807, 2.05) is 35.2 Å². The van der Waals surface area contributed by atoms with Crippen LogP contribution in [0, 0.1) is 0 Å². The highest BCUT2D eigenvalue weighted by molar-refractivity contribution is 5.96. The molecule has 0 aliphatic carbocycles. The van der Waals surface area contributed by atoms with E-state index in [4.69, 9.17) is 9.15 Å². The first-order valence-electron chi connectivity index (χ1n) is 12.0. The fraction of sp³-hybridized carbons (Fsp3) is 0.444. The highest BCUT2D eigenvalue weighted by Gasteiger charge is 2.23. The molecular weight excluding hydrogens is 400 g/mol. The van der Waals surface area contributed by atoms with Crippen molar-refractivity contribution in [1.29, 1.82) is 0 Å². The number of carbonyl (C=O) groups is 1. The lowest BCUT2D eigenvalue weighted by atomic mass is 10.0. The molecule has 0 atom stereocenters. The Morgan fingerprint density at radius 2 is 1.72 bits per heavy atom. The molecule has 0 unspecified atom stereocenters. The van der Waals surface area contributed by atoms with Crippen LogP contribution in [0.25, 0.3) is 11.0 Å². The number of ether oxygens (including phenoxy) is 1. The second kappa shape index (κ2) is 9.78. The number of rotatable bonds is 6. The van der Waals surface area contributed by atoms with E-state index in [0.29, 0.717) is 18.8 Å². The molecule has 0 spiro atoms.